The van der Waals surface area contributed by atoms with Crippen LogP contribution in [-0.2, 0) is 17.8 Å². The van der Waals surface area contributed by atoms with E-state index in [1.807, 2.05) is 36.4 Å². The number of likely N-dealkylation sites (N-methyl/N-ethyl adjacent to an activating group) is 1. The number of nitrogens with zero attached hydrogens (tertiary/aromatic N) is 1. The predicted octanol–water partition coefficient (Wildman–Crippen LogP) is 2.60. The number of hydrogen-bond donors (Lipinski definition) is 1. The summed E-state index contributed by atoms with van der Waals surface area (Å²) in [6.45, 7) is 0.508. The van der Waals surface area contributed by atoms with Gasteiger partial charge >= 0.3 is 0 Å². The maximum absolute atomic E-state index is 12.3. The van der Waals surface area contributed by atoms with Crippen molar-refractivity contribution in [2.24, 2.45) is 0 Å². The average Bonchev–Trinajstić information content (AvgIpc) is 2.50. The third-order valence-corrected chi connectivity index (χ3v) is 3.32. The third-order valence-electron chi connectivity index (χ3n) is 3.32. The van der Waals surface area contributed by atoms with Gasteiger partial charge in [0.2, 0.25) is 5.91 Å². The molecule has 4 nitrogen and oxygen atoms in total. The number of ether oxygens (including phenoxy) is 1. The Kier molecular flexibility index (Phi) is 4.82. The zero-order chi connectivity index (χ0) is 15.2. The summed E-state index contributed by atoms with van der Waals surface area (Å²) in [5.74, 6) is 0.971. The van der Waals surface area contributed by atoms with E-state index < -0.39 is 0 Å². The van der Waals surface area contributed by atoms with Gasteiger partial charge in [-0.15, -0.1) is 0 Å². The lowest BCUT2D eigenvalue weighted by Crippen LogP contribution is -2.27. The van der Waals surface area contributed by atoms with E-state index in [9.17, 15) is 9.90 Å². The minimum atomic E-state index is 0.0209. The number of carbonyl (C=O) groups excluding carboxylic acids is 1. The number of carbonyl (C=O) groups is 1. The standard InChI is InChI=1S/C17H19NO3/c1-18(12-13-7-9-15(19)10-8-13)17(20)11-14-5-3-4-6-16(14)21-2/h3-10,19H,11-12H2,1-2H3. The average molecular weight is 285 g/mol. The highest BCUT2D eigenvalue weighted by atomic mass is 16.5. The Labute approximate surface area is 124 Å². The Morgan fingerprint density at radius 1 is 1.14 bits per heavy atom. The molecule has 0 atom stereocenters. The fraction of sp³-hybridized carbons (Fsp3) is 0.235. The Balaban J connectivity index is 2.01. The summed E-state index contributed by atoms with van der Waals surface area (Å²) < 4.78 is 5.26. The Morgan fingerprint density at radius 3 is 2.48 bits per heavy atom. The van der Waals surface area contributed by atoms with Gasteiger partial charge in [-0.25, -0.2) is 0 Å². The van der Waals surface area contributed by atoms with Crippen molar-refractivity contribution in [3.05, 3.63) is 59.7 Å². The van der Waals surface area contributed by atoms with Crippen molar-refractivity contribution in [1.29, 1.82) is 0 Å². The second-order valence-electron chi connectivity index (χ2n) is 4.90. The van der Waals surface area contributed by atoms with Crippen LogP contribution < -0.4 is 4.74 Å². The molecule has 1 amide bonds. The lowest BCUT2D eigenvalue weighted by Gasteiger charge is -2.18. The van der Waals surface area contributed by atoms with Crippen LogP contribution in [0.5, 0.6) is 11.5 Å². The number of para-hydroxylation sites is 1. The van der Waals surface area contributed by atoms with Gasteiger partial charge in [0.1, 0.15) is 11.5 Å². The SMILES string of the molecule is COc1ccccc1CC(=O)N(C)Cc1ccc(O)cc1. The molecule has 21 heavy (non-hydrogen) atoms. The minimum absolute atomic E-state index is 0.0209. The van der Waals surface area contributed by atoms with Gasteiger partial charge in [-0.05, 0) is 23.8 Å². The molecule has 0 aliphatic heterocycles. The monoisotopic (exact) mass is 285 g/mol. The highest BCUT2D eigenvalue weighted by Crippen LogP contribution is 2.19. The first-order valence-corrected chi connectivity index (χ1v) is 6.74. The van der Waals surface area contributed by atoms with E-state index in [4.69, 9.17) is 4.74 Å². The van der Waals surface area contributed by atoms with Gasteiger partial charge in [-0.3, -0.25) is 4.79 Å². The van der Waals surface area contributed by atoms with E-state index in [1.165, 1.54) is 0 Å². The summed E-state index contributed by atoms with van der Waals surface area (Å²) in [6.07, 6.45) is 0.304. The van der Waals surface area contributed by atoms with Gasteiger partial charge in [0, 0.05) is 19.2 Å². The van der Waals surface area contributed by atoms with Crippen LogP contribution in [0.4, 0.5) is 0 Å². The molecule has 0 spiro atoms. The number of rotatable bonds is 5. The second-order valence-corrected chi connectivity index (χ2v) is 4.90. The number of aromatic hydroxyl groups is 1. The highest BCUT2D eigenvalue weighted by molar-refractivity contribution is 5.79. The van der Waals surface area contributed by atoms with Crippen LogP contribution in [-0.4, -0.2) is 30.1 Å². The van der Waals surface area contributed by atoms with Crippen molar-refractivity contribution >= 4 is 5.91 Å². The third kappa shape index (κ3) is 3.99. The smallest absolute Gasteiger partial charge is 0.227 e. The zero-order valence-electron chi connectivity index (χ0n) is 12.2. The zero-order valence-corrected chi connectivity index (χ0v) is 12.2. The van der Waals surface area contributed by atoms with Gasteiger partial charge in [0.15, 0.2) is 0 Å². The van der Waals surface area contributed by atoms with Gasteiger partial charge < -0.3 is 14.7 Å². The largest absolute Gasteiger partial charge is 0.508 e. The number of hydrogen-bond acceptors (Lipinski definition) is 3. The van der Waals surface area contributed by atoms with E-state index in [1.54, 1.807) is 31.2 Å². The molecule has 2 aromatic carbocycles. The van der Waals surface area contributed by atoms with Gasteiger partial charge in [-0.2, -0.15) is 0 Å². The van der Waals surface area contributed by atoms with Crippen LogP contribution >= 0.6 is 0 Å². The Morgan fingerprint density at radius 2 is 1.81 bits per heavy atom. The molecule has 0 radical (unpaired) electrons. The molecule has 0 fully saturated rings. The van der Waals surface area contributed by atoms with Crippen molar-refractivity contribution in [3.8, 4) is 11.5 Å². The van der Waals surface area contributed by atoms with Crippen molar-refractivity contribution in [2.45, 2.75) is 13.0 Å². The maximum atomic E-state index is 12.3. The van der Waals surface area contributed by atoms with Gasteiger partial charge in [0.25, 0.3) is 0 Å². The lowest BCUT2D eigenvalue weighted by molar-refractivity contribution is -0.129. The fourth-order valence-corrected chi connectivity index (χ4v) is 2.11. The van der Waals surface area contributed by atoms with E-state index in [2.05, 4.69) is 0 Å². The van der Waals surface area contributed by atoms with Crippen LogP contribution in [0, 0.1) is 0 Å². The van der Waals surface area contributed by atoms with Crippen LogP contribution in [0.2, 0.25) is 0 Å². The van der Waals surface area contributed by atoms with E-state index in [0.717, 1.165) is 16.9 Å². The molecule has 0 aliphatic carbocycles. The summed E-state index contributed by atoms with van der Waals surface area (Å²) in [7, 11) is 3.37. The lowest BCUT2D eigenvalue weighted by atomic mass is 10.1. The molecule has 0 bridgehead atoms. The van der Waals surface area contributed by atoms with Crippen molar-refractivity contribution < 1.29 is 14.6 Å². The molecule has 0 heterocycles. The first-order valence-electron chi connectivity index (χ1n) is 6.74. The highest BCUT2D eigenvalue weighted by Gasteiger charge is 2.12. The van der Waals surface area contributed by atoms with Crippen LogP contribution in [0.25, 0.3) is 0 Å². The van der Waals surface area contributed by atoms with Gasteiger partial charge in [-0.1, -0.05) is 30.3 Å². The number of amides is 1. The summed E-state index contributed by atoms with van der Waals surface area (Å²) in [5, 5.41) is 9.26. The van der Waals surface area contributed by atoms with Crippen LogP contribution in [0.3, 0.4) is 0 Å². The molecular formula is C17H19NO3. The summed E-state index contributed by atoms with van der Waals surface area (Å²) >= 11 is 0. The fourth-order valence-electron chi connectivity index (χ4n) is 2.11. The molecule has 0 saturated heterocycles. The van der Waals surface area contributed by atoms with E-state index >= 15 is 0 Å². The number of phenolic OH excluding ortho intramolecular Hbond substituents is 1. The minimum Gasteiger partial charge on any atom is -0.508 e. The first-order chi connectivity index (χ1) is 10.1. The van der Waals surface area contributed by atoms with Gasteiger partial charge in [0.05, 0.1) is 13.5 Å². The van der Waals surface area contributed by atoms with Crippen molar-refractivity contribution in [2.75, 3.05) is 14.2 Å². The molecule has 0 unspecified atom stereocenters. The molecule has 2 rings (SSSR count). The predicted molar refractivity (Wildman–Crippen MR) is 81.3 cm³/mol. The molecule has 0 aromatic heterocycles. The van der Waals surface area contributed by atoms with E-state index in [-0.39, 0.29) is 11.7 Å². The molecule has 1 N–H and O–H groups in total. The van der Waals surface area contributed by atoms with E-state index in [0.29, 0.717) is 13.0 Å². The Bertz CT molecular complexity index is 608. The van der Waals surface area contributed by atoms with Crippen LogP contribution in [0.1, 0.15) is 11.1 Å². The Hall–Kier alpha value is -2.49. The molecule has 110 valence electrons. The first kappa shape index (κ1) is 14.9. The number of benzene rings is 2. The summed E-state index contributed by atoms with van der Waals surface area (Å²) in [6, 6.07) is 14.4. The number of phenols is 1. The second kappa shape index (κ2) is 6.79. The number of methoxy groups -OCH3 is 1. The van der Waals surface area contributed by atoms with Crippen LogP contribution in [0.15, 0.2) is 48.5 Å². The maximum Gasteiger partial charge on any atom is 0.227 e. The molecule has 2 aromatic rings. The molecule has 0 saturated carbocycles. The quantitative estimate of drug-likeness (QED) is 0.918. The topological polar surface area (TPSA) is 49.8 Å². The summed E-state index contributed by atoms with van der Waals surface area (Å²) in [5.41, 5.74) is 1.85. The summed E-state index contributed by atoms with van der Waals surface area (Å²) in [4.78, 5) is 13.9. The molecular weight excluding hydrogens is 266 g/mol. The van der Waals surface area contributed by atoms with Crippen molar-refractivity contribution in [3.63, 3.8) is 0 Å². The molecule has 4 heteroatoms. The molecule has 0 aliphatic rings. The normalized spacial score (nSPS) is 10.2. The van der Waals surface area contributed by atoms with Crippen molar-refractivity contribution in [1.82, 2.24) is 4.90 Å².